The Bertz CT molecular complexity index is 655. The van der Waals surface area contributed by atoms with Crippen LogP contribution in [-0.2, 0) is 11.4 Å². The molecule has 4 nitrogen and oxygen atoms in total. The van der Waals surface area contributed by atoms with E-state index in [-0.39, 0.29) is 11.8 Å². The van der Waals surface area contributed by atoms with Crippen molar-refractivity contribution in [3.05, 3.63) is 65.7 Å². The number of nitrogens with one attached hydrogen (secondary N) is 2. The highest BCUT2D eigenvalue weighted by atomic mass is 16.5. The highest BCUT2D eigenvalue weighted by Crippen LogP contribution is 2.47. The summed E-state index contributed by atoms with van der Waals surface area (Å²) in [6.45, 7) is 2.06. The molecule has 1 amide bonds. The minimum atomic E-state index is 0.123. The second-order valence-corrected chi connectivity index (χ2v) is 6.19. The molecule has 2 aromatic rings. The lowest BCUT2D eigenvalue weighted by Crippen LogP contribution is -2.31. The van der Waals surface area contributed by atoms with Gasteiger partial charge in [0.1, 0.15) is 12.4 Å². The van der Waals surface area contributed by atoms with Gasteiger partial charge >= 0.3 is 0 Å². The molecule has 0 spiro atoms. The van der Waals surface area contributed by atoms with Crippen molar-refractivity contribution in [2.75, 3.05) is 20.1 Å². The first-order valence-corrected chi connectivity index (χ1v) is 8.47. The molecule has 0 radical (unpaired) electrons. The molecule has 2 N–H and O–H groups in total. The molecule has 1 aliphatic carbocycles. The fourth-order valence-electron chi connectivity index (χ4n) is 2.85. The lowest BCUT2D eigenvalue weighted by atomic mass is 10.1. The van der Waals surface area contributed by atoms with Crippen LogP contribution >= 0.6 is 0 Å². The summed E-state index contributed by atoms with van der Waals surface area (Å²) in [5.74, 6) is 1.50. The summed E-state index contributed by atoms with van der Waals surface area (Å²) >= 11 is 0. The molecule has 1 fully saturated rings. The molecular formula is C20H24N2O2. The van der Waals surface area contributed by atoms with Crippen molar-refractivity contribution in [3.8, 4) is 5.75 Å². The average molecular weight is 324 g/mol. The van der Waals surface area contributed by atoms with Gasteiger partial charge in [-0.3, -0.25) is 4.79 Å². The SMILES string of the molecule is CNCCNC(=O)C1CC1c1ccc(OCc2ccccc2)cc1. The van der Waals surface area contributed by atoms with Crippen LogP contribution in [0.5, 0.6) is 5.75 Å². The van der Waals surface area contributed by atoms with E-state index in [0.29, 0.717) is 19.1 Å². The van der Waals surface area contributed by atoms with Crippen LogP contribution in [0.2, 0.25) is 0 Å². The van der Waals surface area contributed by atoms with Crippen LogP contribution in [0.15, 0.2) is 54.6 Å². The monoisotopic (exact) mass is 324 g/mol. The molecule has 1 aliphatic rings. The van der Waals surface area contributed by atoms with Crippen molar-refractivity contribution in [1.82, 2.24) is 10.6 Å². The van der Waals surface area contributed by atoms with Crippen molar-refractivity contribution >= 4 is 5.91 Å². The Morgan fingerprint density at radius 1 is 1.08 bits per heavy atom. The first kappa shape index (κ1) is 16.5. The quantitative estimate of drug-likeness (QED) is 0.734. The smallest absolute Gasteiger partial charge is 0.223 e. The summed E-state index contributed by atoms with van der Waals surface area (Å²) < 4.78 is 5.80. The van der Waals surface area contributed by atoms with Gasteiger partial charge in [-0.1, -0.05) is 42.5 Å². The van der Waals surface area contributed by atoms with Crippen molar-refractivity contribution in [2.24, 2.45) is 5.92 Å². The number of hydrogen-bond donors (Lipinski definition) is 2. The zero-order chi connectivity index (χ0) is 16.8. The zero-order valence-corrected chi connectivity index (χ0v) is 14.0. The first-order valence-electron chi connectivity index (χ1n) is 8.47. The Hall–Kier alpha value is -2.33. The van der Waals surface area contributed by atoms with E-state index in [9.17, 15) is 4.79 Å². The van der Waals surface area contributed by atoms with Crippen LogP contribution in [0.1, 0.15) is 23.5 Å². The van der Waals surface area contributed by atoms with E-state index in [1.807, 2.05) is 37.4 Å². The molecule has 0 saturated heterocycles. The number of likely N-dealkylation sites (N-methyl/N-ethyl adjacent to an activating group) is 1. The van der Waals surface area contributed by atoms with E-state index in [2.05, 4.69) is 34.9 Å². The molecule has 2 aromatic carbocycles. The number of carbonyl (C=O) groups is 1. The van der Waals surface area contributed by atoms with Crippen LogP contribution < -0.4 is 15.4 Å². The van der Waals surface area contributed by atoms with Gasteiger partial charge in [0, 0.05) is 19.0 Å². The predicted octanol–water partition coefficient (Wildman–Crippen LogP) is 2.70. The summed E-state index contributed by atoms with van der Waals surface area (Å²) in [5.41, 5.74) is 2.37. The third-order valence-electron chi connectivity index (χ3n) is 4.36. The maximum Gasteiger partial charge on any atom is 0.223 e. The largest absolute Gasteiger partial charge is 0.489 e. The third kappa shape index (κ3) is 4.36. The van der Waals surface area contributed by atoms with Gasteiger partial charge < -0.3 is 15.4 Å². The van der Waals surface area contributed by atoms with E-state index in [1.54, 1.807) is 0 Å². The van der Waals surface area contributed by atoms with E-state index in [4.69, 9.17) is 4.74 Å². The second kappa shape index (κ2) is 7.97. The van der Waals surface area contributed by atoms with Crippen LogP contribution in [0, 0.1) is 5.92 Å². The molecule has 2 unspecified atom stereocenters. The van der Waals surface area contributed by atoms with Crippen LogP contribution in [-0.4, -0.2) is 26.0 Å². The Morgan fingerprint density at radius 2 is 1.83 bits per heavy atom. The van der Waals surface area contributed by atoms with Crippen molar-refractivity contribution in [3.63, 3.8) is 0 Å². The minimum Gasteiger partial charge on any atom is -0.489 e. The molecule has 0 heterocycles. The molecule has 1 saturated carbocycles. The molecule has 3 rings (SSSR count). The van der Waals surface area contributed by atoms with E-state index >= 15 is 0 Å². The van der Waals surface area contributed by atoms with E-state index in [1.165, 1.54) is 5.56 Å². The van der Waals surface area contributed by atoms with Gasteiger partial charge in [0.2, 0.25) is 5.91 Å². The van der Waals surface area contributed by atoms with Crippen LogP contribution in [0.4, 0.5) is 0 Å². The topological polar surface area (TPSA) is 50.4 Å². The molecule has 24 heavy (non-hydrogen) atoms. The highest BCUT2D eigenvalue weighted by molar-refractivity contribution is 5.82. The summed E-state index contributed by atoms with van der Waals surface area (Å²) in [6, 6.07) is 18.3. The van der Waals surface area contributed by atoms with Gasteiger partial charge in [-0.25, -0.2) is 0 Å². The predicted molar refractivity (Wildman–Crippen MR) is 95.0 cm³/mol. The van der Waals surface area contributed by atoms with Crippen LogP contribution in [0.3, 0.4) is 0 Å². The number of hydrogen-bond acceptors (Lipinski definition) is 3. The average Bonchev–Trinajstić information content (AvgIpc) is 3.42. The van der Waals surface area contributed by atoms with E-state index in [0.717, 1.165) is 24.3 Å². The standard InChI is InChI=1S/C20H24N2O2/c1-21-11-12-22-20(23)19-13-18(19)16-7-9-17(10-8-16)24-14-15-5-3-2-4-6-15/h2-10,18-19,21H,11-14H2,1H3,(H,22,23). The fraction of sp³-hybridized carbons (Fsp3) is 0.350. The molecule has 126 valence electrons. The summed E-state index contributed by atoms with van der Waals surface area (Å²) in [6.07, 6.45) is 0.940. The Labute approximate surface area is 143 Å². The Kier molecular flexibility index (Phi) is 5.49. The van der Waals surface area contributed by atoms with Gasteiger partial charge in [-0.05, 0) is 42.6 Å². The third-order valence-corrected chi connectivity index (χ3v) is 4.36. The number of benzene rings is 2. The van der Waals surface area contributed by atoms with Gasteiger partial charge in [0.15, 0.2) is 0 Å². The molecule has 0 aliphatic heterocycles. The van der Waals surface area contributed by atoms with Crippen molar-refractivity contribution in [2.45, 2.75) is 18.9 Å². The fourth-order valence-corrected chi connectivity index (χ4v) is 2.85. The first-order chi connectivity index (χ1) is 11.8. The molecular weight excluding hydrogens is 300 g/mol. The van der Waals surface area contributed by atoms with Gasteiger partial charge in [-0.2, -0.15) is 0 Å². The summed E-state index contributed by atoms with van der Waals surface area (Å²) in [5, 5.41) is 6.00. The number of amides is 1. The second-order valence-electron chi connectivity index (χ2n) is 6.19. The molecule has 0 aromatic heterocycles. The summed E-state index contributed by atoms with van der Waals surface area (Å²) in [4.78, 5) is 12.0. The normalized spacial score (nSPS) is 18.9. The highest BCUT2D eigenvalue weighted by Gasteiger charge is 2.43. The number of ether oxygens (including phenoxy) is 1. The number of rotatable bonds is 8. The van der Waals surface area contributed by atoms with Crippen molar-refractivity contribution in [1.29, 1.82) is 0 Å². The Balaban J connectivity index is 1.48. The maximum atomic E-state index is 12.0. The van der Waals surface area contributed by atoms with Crippen molar-refractivity contribution < 1.29 is 9.53 Å². The van der Waals surface area contributed by atoms with Gasteiger partial charge in [-0.15, -0.1) is 0 Å². The molecule has 2 atom stereocenters. The molecule has 4 heteroatoms. The Morgan fingerprint density at radius 3 is 2.54 bits per heavy atom. The summed E-state index contributed by atoms with van der Waals surface area (Å²) in [7, 11) is 1.88. The maximum absolute atomic E-state index is 12.0. The lowest BCUT2D eigenvalue weighted by molar-refractivity contribution is -0.122. The van der Waals surface area contributed by atoms with Gasteiger partial charge in [0.25, 0.3) is 0 Å². The van der Waals surface area contributed by atoms with Gasteiger partial charge in [0.05, 0.1) is 0 Å². The number of carbonyl (C=O) groups excluding carboxylic acids is 1. The zero-order valence-electron chi connectivity index (χ0n) is 14.0. The minimum absolute atomic E-state index is 0.123. The van der Waals surface area contributed by atoms with E-state index < -0.39 is 0 Å². The lowest BCUT2D eigenvalue weighted by Gasteiger charge is -2.08. The van der Waals surface area contributed by atoms with Crippen LogP contribution in [0.25, 0.3) is 0 Å². The molecule has 0 bridgehead atoms.